The molecule has 34 heavy (non-hydrogen) atoms. The summed E-state index contributed by atoms with van der Waals surface area (Å²) >= 11 is 0. The Kier molecular flexibility index (Phi) is 5.67. The van der Waals surface area contributed by atoms with Gasteiger partial charge in [0.2, 0.25) is 0 Å². The number of benzene rings is 1. The average Bonchev–Trinajstić information content (AvgIpc) is 3.53. The van der Waals surface area contributed by atoms with Gasteiger partial charge in [0.15, 0.2) is 5.82 Å². The van der Waals surface area contributed by atoms with E-state index in [4.69, 9.17) is 4.74 Å². The van der Waals surface area contributed by atoms with E-state index in [0.29, 0.717) is 41.0 Å². The standard InChI is InChI=1S/C26H31N7O/c1-33-15-20-9-17(2-3-23(20)32-33)24-11-18(13-27)26(31-30-24)29-21-10-19-14-28-25(22(19)12-21)8-16-4-6-34-7-5-16/h2-3,9,11,15-16,19,21-22,25,28H,4-8,10,12,14H2,1H3,(H,29,31)/t19-,21+,22+,25+/m1/s1. The van der Waals surface area contributed by atoms with Gasteiger partial charge in [-0.25, -0.2) is 0 Å². The molecule has 3 aliphatic rings. The lowest BCUT2D eigenvalue weighted by Gasteiger charge is -2.27. The average molecular weight is 458 g/mol. The molecule has 1 aliphatic carbocycles. The molecule has 2 aliphatic heterocycles. The number of nitrogens with one attached hydrogen (secondary N) is 2. The SMILES string of the molecule is Cn1cc2cc(-c3cc(C#N)c(N[C@H]4C[C@@H]5CN[C@@H](CC6CCOCC6)[C@H]5C4)nn3)ccc2n1. The van der Waals surface area contributed by atoms with E-state index >= 15 is 0 Å². The molecular weight excluding hydrogens is 426 g/mol. The second-order valence-electron chi connectivity index (χ2n) is 10.2. The van der Waals surface area contributed by atoms with Crippen molar-refractivity contribution in [2.45, 2.75) is 44.2 Å². The van der Waals surface area contributed by atoms with Crippen LogP contribution in [0.3, 0.4) is 0 Å². The van der Waals surface area contributed by atoms with Crippen LogP contribution in [0.15, 0.2) is 30.5 Å². The number of fused-ring (bicyclic) bond motifs is 2. The third kappa shape index (κ3) is 4.15. The first-order valence-electron chi connectivity index (χ1n) is 12.5. The number of aryl methyl sites for hydroxylation is 1. The minimum atomic E-state index is 0.341. The lowest BCUT2D eigenvalue weighted by molar-refractivity contribution is 0.0594. The minimum Gasteiger partial charge on any atom is -0.381 e. The molecule has 4 heterocycles. The topological polar surface area (TPSA) is 101 Å². The fourth-order valence-electron chi connectivity index (χ4n) is 6.28. The third-order valence-electron chi connectivity index (χ3n) is 8.01. The van der Waals surface area contributed by atoms with E-state index < -0.39 is 0 Å². The van der Waals surface area contributed by atoms with Gasteiger partial charge in [0, 0.05) is 49.5 Å². The summed E-state index contributed by atoms with van der Waals surface area (Å²) in [6.45, 7) is 2.93. The molecule has 8 nitrogen and oxygen atoms in total. The maximum absolute atomic E-state index is 9.83. The summed E-state index contributed by atoms with van der Waals surface area (Å²) in [7, 11) is 1.91. The van der Waals surface area contributed by atoms with Crippen molar-refractivity contribution in [1.82, 2.24) is 25.3 Å². The highest BCUT2D eigenvalue weighted by Crippen LogP contribution is 2.42. The van der Waals surface area contributed by atoms with Crippen LogP contribution in [-0.2, 0) is 11.8 Å². The molecule has 0 bridgehead atoms. The summed E-state index contributed by atoms with van der Waals surface area (Å²) in [4.78, 5) is 0. The van der Waals surface area contributed by atoms with Crippen LogP contribution < -0.4 is 10.6 Å². The van der Waals surface area contributed by atoms with Gasteiger partial charge in [-0.1, -0.05) is 6.07 Å². The number of hydrogen-bond donors (Lipinski definition) is 2. The van der Waals surface area contributed by atoms with E-state index in [0.717, 1.165) is 55.0 Å². The highest BCUT2D eigenvalue weighted by Gasteiger charge is 2.44. The minimum absolute atomic E-state index is 0.341. The monoisotopic (exact) mass is 457 g/mol. The quantitative estimate of drug-likeness (QED) is 0.605. The van der Waals surface area contributed by atoms with Gasteiger partial charge in [0.25, 0.3) is 0 Å². The molecule has 8 heteroatoms. The molecule has 1 aromatic carbocycles. The Labute approximate surface area is 199 Å². The molecular formula is C26H31N7O. The summed E-state index contributed by atoms with van der Waals surface area (Å²) in [5, 5.41) is 31.6. The van der Waals surface area contributed by atoms with Gasteiger partial charge >= 0.3 is 0 Å². The number of anilines is 1. The largest absolute Gasteiger partial charge is 0.381 e. The normalized spacial score (nSPS) is 27.1. The van der Waals surface area contributed by atoms with Crippen molar-refractivity contribution in [3.05, 3.63) is 36.0 Å². The molecule has 0 radical (unpaired) electrons. The van der Waals surface area contributed by atoms with Gasteiger partial charge in [-0.05, 0) is 74.6 Å². The van der Waals surface area contributed by atoms with E-state index in [1.54, 1.807) is 4.68 Å². The van der Waals surface area contributed by atoms with Crippen molar-refractivity contribution in [1.29, 1.82) is 5.26 Å². The molecule has 2 N–H and O–H groups in total. The van der Waals surface area contributed by atoms with Gasteiger partial charge in [-0.15, -0.1) is 10.2 Å². The van der Waals surface area contributed by atoms with Gasteiger partial charge in [0.05, 0.1) is 16.8 Å². The van der Waals surface area contributed by atoms with Crippen LogP contribution in [0.25, 0.3) is 22.2 Å². The van der Waals surface area contributed by atoms with Gasteiger partial charge in [-0.3, -0.25) is 4.68 Å². The number of aromatic nitrogens is 4. The number of rotatable bonds is 5. The first kappa shape index (κ1) is 21.5. The molecule has 2 aromatic heterocycles. The summed E-state index contributed by atoms with van der Waals surface area (Å²) in [6, 6.07) is 11.1. The number of ether oxygens (including phenoxy) is 1. The molecule has 6 rings (SSSR count). The predicted molar refractivity (Wildman–Crippen MR) is 130 cm³/mol. The number of nitrogens with zero attached hydrogens (tertiary/aromatic N) is 5. The Morgan fingerprint density at radius 2 is 2.09 bits per heavy atom. The van der Waals surface area contributed by atoms with Gasteiger partial charge < -0.3 is 15.4 Å². The first-order chi connectivity index (χ1) is 16.7. The molecule has 0 spiro atoms. The van der Waals surface area contributed by atoms with Crippen molar-refractivity contribution in [2.24, 2.45) is 24.8 Å². The highest BCUT2D eigenvalue weighted by atomic mass is 16.5. The van der Waals surface area contributed by atoms with Crippen LogP contribution in [0, 0.1) is 29.1 Å². The molecule has 0 amide bonds. The second-order valence-corrected chi connectivity index (χ2v) is 10.2. The first-order valence-corrected chi connectivity index (χ1v) is 12.5. The van der Waals surface area contributed by atoms with Crippen molar-refractivity contribution in [3.63, 3.8) is 0 Å². The molecule has 1 saturated carbocycles. The second kappa shape index (κ2) is 8.97. The molecule has 0 unspecified atom stereocenters. The van der Waals surface area contributed by atoms with E-state index in [9.17, 15) is 5.26 Å². The Hall–Kier alpha value is -3.02. The fraction of sp³-hybridized carbons (Fsp3) is 0.538. The Bertz CT molecular complexity index is 1230. The summed E-state index contributed by atoms with van der Waals surface area (Å²) in [5.41, 5.74) is 3.13. The van der Waals surface area contributed by atoms with E-state index in [2.05, 4.69) is 32.0 Å². The predicted octanol–water partition coefficient (Wildman–Crippen LogP) is 3.50. The number of hydrogen-bond acceptors (Lipinski definition) is 7. The Balaban J connectivity index is 1.15. The Morgan fingerprint density at radius 1 is 1.21 bits per heavy atom. The Morgan fingerprint density at radius 3 is 2.94 bits per heavy atom. The zero-order valence-electron chi connectivity index (χ0n) is 19.6. The van der Waals surface area contributed by atoms with Gasteiger partial charge in [0.1, 0.15) is 6.07 Å². The van der Waals surface area contributed by atoms with Crippen LogP contribution in [0.2, 0.25) is 0 Å². The number of nitriles is 1. The van der Waals surface area contributed by atoms with E-state index in [-0.39, 0.29) is 0 Å². The van der Waals surface area contributed by atoms with Crippen LogP contribution in [0.1, 0.15) is 37.7 Å². The van der Waals surface area contributed by atoms with Crippen LogP contribution in [0.5, 0.6) is 0 Å². The van der Waals surface area contributed by atoms with E-state index in [1.165, 1.54) is 19.3 Å². The van der Waals surface area contributed by atoms with Crippen molar-refractivity contribution in [2.75, 3.05) is 25.1 Å². The molecule has 4 atom stereocenters. The zero-order valence-corrected chi connectivity index (χ0v) is 19.6. The van der Waals surface area contributed by atoms with Crippen molar-refractivity contribution < 1.29 is 4.74 Å². The lowest BCUT2D eigenvalue weighted by Crippen LogP contribution is -2.33. The van der Waals surface area contributed by atoms with Crippen LogP contribution in [0.4, 0.5) is 5.82 Å². The summed E-state index contributed by atoms with van der Waals surface area (Å²) in [5.74, 6) is 2.79. The van der Waals surface area contributed by atoms with Crippen LogP contribution >= 0.6 is 0 Å². The summed E-state index contributed by atoms with van der Waals surface area (Å²) in [6.07, 6.45) is 7.87. The third-order valence-corrected chi connectivity index (χ3v) is 8.01. The maximum atomic E-state index is 9.83. The van der Waals surface area contributed by atoms with Crippen LogP contribution in [-0.4, -0.2) is 51.8 Å². The van der Waals surface area contributed by atoms with Crippen molar-refractivity contribution in [3.8, 4) is 17.3 Å². The molecule has 176 valence electrons. The summed E-state index contributed by atoms with van der Waals surface area (Å²) < 4.78 is 7.34. The van der Waals surface area contributed by atoms with Crippen molar-refractivity contribution >= 4 is 16.7 Å². The highest BCUT2D eigenvalue weighted by molar-refractivity contribution is 5.83. The van der Waals surface area contributed by atoms with Gasteiger partial charge in [-0.2, -0.15) is 10.4 Å². The zero-order chi connectivity index (χ0) is 23.1. The fourth-order valence-corrected chi connectivity index (χ4v) is 6.28. The molecule has 3 fully saturated rings. The smallest absolute Gasteiger partial charge is 0.166 e. The maximum Gasteiger partial charge on any atom is 0.166 e. The van der Waals surface area contributed by atoms with E-state index in [1.807, 2.05) is 37.5 Å². The molecule has 2 saturated heterocycles. The lowest BCUT2D eigenvalue weighted by atomic mass is 9.85. The molecule has 3 aromatic rings.